The normalized spacial score (nSPS) is 10.9. The van der Waals surface area contributed by atoms with Crippen LogP contribution in [-0.2, 0) is 4.79 Å². The van der Waals surface area contributed by atoms with Crippen LogP contribution >= 0.6 is 0 Å². The topological polar surface area (TPSA) is 72.9 Å². The molecule has 0 rings (SSSR count). The van der Waals surface area contributed by atoms with E-state index in [1.807, 2.05) is 32.8 Å². The van der Waals surface area contributed by atoms with Crippen molar-refractivity contribution in [1.29, 1.82) is 0 Å². The molecule has 2 amide bonds. The van der Waals surface area contributed by atoms with Gasteiger partial charge in [-0.1, -0.05) is 19.8 Å². The molecule has 0 fully saturated rings. The van der Waals surface area contributed by atoms with Crippen molar-refractivity contribution >= 4 is 12.0 Å². The lowest BCUT2D eigenvalue weighted by atomic mass is 9.93. The molecule has 0 aliphatic rings. The van der Waals surface area contributed by atoms with E-state index >= 15 is 0 Å². The van der Waals surface area contributed by atoms with E-state index in [9.17, 15) is 9.59 Å². The van der Waals surface area contributed by atoms with Crippen LogP contribution in [0.15, 0.2) is 0 Å². The van der Waals surface area contributed by atoms with E-state index in [4.69, 9.17) is 11.5 Å². The summed E-state index contributed by atoms with van der Waals surface area (Å²) in [6.07, 6.45) is 5.12. The molecule has 0 aliphatic carbocycles. The largest absolute Gasteiger partial charge is 0.480 e. The molecule has 0 atom stereocenters. The molecule has 0 unspecified atom stereocenters. The van der Waals surface area contributed by atoms with Gasteiger partial charge in [-0.05, 0) is 19.5 Å². The fourth-order valence-electron chi connectivity index (χ4n) is 1.81. The van der Waals surface area contributed by atoms with E-state index in [1.54, 1.807) is 0 Å². The summed E-state index contributed by atoms with van der Waals surface area (Å²) >= 11 is 0. The molecule has 0 saturated carbocycles. The molecular weight excluding hydrogens is 246 g/mol. The number of carbonyl (C=O) groups is 2. The zero-order chi connectivity index (χ0) is 15.1. The molecule has 0 aromatic rings. The summed E-state index contributed by atoms with van der Waals surface area (Å²) in [5.41, 5.74) is -0.107. The Balaban J connectivity index is 4.41. The molecule has 0 aromatic carbocycles. The molecule has 6 nitrogen and oxygen atoms in total. The van der Waals surface area contributed by atoms with Crippen molar-refractivity contribution in [2.45, 2.75) is 13.8 Å². The van der Waals surface area contributed by atoms with Crippen LogP contribution in [0.2, 0.25) is 0 Å². The van der Waals surface area contributed by atoms with Crippen LogP contribution in [0.4, 0.5) is 4.79 Å². The first-order valence-electron chi connectivity index (χ1n) is 6.01. The highest BCUT2D eigenvalue weighted by Crippen LogP contribution is 2.14. The maximum atomic E-state index is 11.8. The minimum Gasteiger partial charge on any atom is -0.480 e. The Kier molecular flexibility index (Phi) is 6.94. The molecule has 0 heterocycles. The van der Waals surface area contributed by atoms with Gasteiger partial charge in [0, 0.05) is 13.1 Å². The van der Waals surface area contributed by atoms with Gasteiger partial charge in [-0.25, -0.2) is 4.79 Å². The third-order valence-corrected chi connectivity index (χ3v) is 2.36. The minimum atomic E-state index is -1.09. The molecule has 0 saturated heterocycles. The van der Waals surface area contributed by atoms with Crippen molar-refractivity contribution < 1.29 is 14.7 Å². The SMILES string of the molecule is C#CCN(CC(=O)O)C(=O)NCC(C)(C)CN(C)C. The van der Waals surface area contributed by atoms with E-state index < -0.39 is 18.5 Å². The number of hydrogen-bond donors (Lipinski definition) is 2. The zero-order valence-corrected chi connectivity index (χ0v) is 12.1. The number of hydrogen-bond acceptors (Lipinski definition) is 3. The maximum Gasteiger partial charge on any atom is 0.323 e. The number of rotatable bonds is 7. The highest BCUT2D eigenvalue weighted by Gasteiger charge is 2.22. The van der Waals surface area contributed by atoms with Crippen molar-refractivity contribution in [2.75, 3.05) is 40.3 Å². The van der Waals surface area contributed by atoms with Crippen molar-refractivity contribution in [1.82, 2.24) is 15.1 Å². The molecule has 108 valence electrons. The number of carboxylic acids is 1. The number of urea groups is 1. The average molecular weight is 269 g/mol. The molecule has 0 aromatic heterocycles. The standard InChI is InChI=1S/C13H23N3O3/c1-6-7-16(8-11(17)18)12(19)14-9-13(2,3)10-15(4)5/h1H,7-10H2,2-5H3,(H,14,19)(H,17,18). The molecule has 2 N–H and O–H groups in total. The van der Waals surface area contributed by atoms with Crippen LogP contribution in [-0.4, -0.2) is 67.2 Å². The van der Waals surface area contributed by atoms with Gasteiger partial charge in [0.25, 0.3) is 0 Å². The van der Waals surface area contributed by atoms with Gasteiger partial charge in [0.1, 0.15) is 6.54 Å². The number of amides is 2. The van der Waals surface area contributed by atoms with Crippen LogP contribution in [0.1, 0.15) is 13.8 Å². The summed E-state index contributed by atoms with van der Waals surface area (Å²) in [6.45, 7) is 4.88. The van der Waals surface area contributed by atoms with Gasteiger partial charge in [0.15, 0.2) is 0 Å². The van der Waals surface area contributed by atoms with E-state index in [0.717, 1.165) is 11.4 Å². The highest BCUT2D eigenvalue weighted by molar-refractivity contribution is 5.80. The van der Waals surface area contributed by atoms with Gasteiger partial charge < -0.3 is 20.2 Å². The molecule has 0 spiro atoms. The predicted octanol–water partition coefficient (Wildman–Crippen LogP) is 0.304. The third kappa shape index (κ3) is 8.06. The lowest BCUT2D eigenvalue weighted by Crippen LogP contribution is -2.47. The van der Waals surface area contributed by atoms with E-state index in [2.05, 4.69) is 11.2 Å². The molecule has 19 heavy (non-hydrogen) atoms. The van der Waals surface area contributed by atoms with Crippen molar-refractivity contribution in [3.05, 3.63) is 0 Å². The Morgan fingerprint density at radius 1 is 1.37 bits per heavy atom. The van der Waals surface area contributed by atoms with Gasteiger partial charge in [-0.3, -0.25) is 4.79 Å². The lowest BCUT2D eigenvalue weighted by Gasteiger charge is -2.29. The second kappa shape index (κ2) is 7.64. The summed E-state index contributed by atoms with van der Waals surface area (Å²) in [6, 6.07) is -0.452. The Bertz CT molecular complexity index is 359. The summed E-state index contributed by atoms with van der Waals surface area (Å²) in [5.74, 6) is 1.19. The zero-order valence-electron chi connectivity index (χ0n) is 12.1. The Morgan fingerprint density at radius 2 is 1.95 bits per heavy atom. The van der Waals surface area contributed by atoms with Crippen molar-refractivity contribution in [3.8, 4) is 12.3 Å². The molecule has 0 radical (unpaired) electrons. The second-order valence-electron chi connectivity index (χ2n) is 5.51. The average Bonchev–Trinajstić information content (AvgIpc) is 2.23. The Hall–Kier alpha value is -1.74. The molecular formula is C13H23N3O3. The van der Waals surface area contributed by atoms with Crippen LogP contribution < -0.4 is 5.32 Å². The second-order valence-corrected chi connectivity index (χ2v) is 5.51. The van der Waals surface area contributed by atoms with Crippen LogP contribution in [0.3, 0.4) is 0 Å². The first kappa shape index (κ1) is 17.3. The minimum absolute atomic E-state index is 0.0216. The van der Waals surface area contributed by atoms with Crippen molar-refractivity contribution in [2.24, 2.45) is 5.41 Å². The smallest absolute Gasteiger partial charge is 0.323 e. The number of aliphatic carboxylic acids is 1. The van der Waals surface area contributed by atoms with Crippen LogP contribution in [0.25, 0.3) is 0 Å². The third-order valence-electron chi connectivity index (χ3n) is 2.36. The number of carbonyl (C=O) groups excluding carboxylic acids is 1. The Labute approximate surface area is 114 Å². The summed E-state index contributed by atoms with van der Waals surface area (Å²) in [5, 5.41) is 11.4. The summed E-state index contributed by atoms with van der Waals surface area (Å²) in [4.78, 5) is 25.6. The number of nitrogens with one attached hydrogen (secondary N) is 1. The quantitative estimate of drug-likeness (QED) is 0.652. The van der Waals surface area contributed by atoms with Gasteiger partial charge in [0.2, 0.25) is 0 Å². The number of terminal acetylenes is 1. The first-order valence-corrected chi connectivity index (χ1v) is 6.01. The van der Waals surface area contributed by atoms with Crippen LogP contribution in [0, 0.1) is 17.8 Å². The van der Waals surface area contributed by atoms with E-state index in [1.165, 1.54) is 0 Å². The maximum absolute atomic E-state index is 11.8. The van der Waals surface area contributed by atoms with E-state index in [0.29, 0.717) is 6.54 Å². The summed E-state index contributed by atoms with van der Waals surface area (Å²) in [7, 11) is 3.91. The predicted molar refractivity (Wildman–Crippen MR) is 73.8 cm³/mol. The highest BCUT2D eigenvalue weighted by atomic mass is 16.4. The van der Waals surface area contributed by atoms with E-state index in [-0.39, 0.29) is 12.0 Å². The van der Waals surface area contributed by atoms with Gasteiger partial charge in [-0.15, -0.1) is 6.42 Å². The lowest BCUT2D eigenvalue weighted by molar-refractivity contribution is -0.137. The van der Waals surface area contributed by atoms with Crippen molar-refractivity contribution in [3.63, 3.8) is 0 Å². The number of nitrogens with zero attached hydrogens (tertiary/aromatic N) is 2. The fourth-order valence-corrected chi connectivity index (χ4v) is 1.81. The van der Waals surface area contributed by atoms with Gasteiger partial charge in [0.05, 0.1) is 6.54 Å². The molecule has 0 aliphatic heterocycles. The summed E-state index contributed by atoms with van der Waals surface area (Å²) < 4.78 is 0. The van der Waals surface area contributed by atoms with Gasteiger partial charge in [-0.2, -0.15) is 0 Å². The fraction of sp³-hybridized carbons (Fsp3) is 0.692. The molecule has 0 bridgehead atoms. The van der Waals surface area contributed by atoms with Gasteiger partial charge >= 0.3 is 12.0 Å². The first-order chi connectivity index (χ1) is 8.68. The van der Waals surface area contributed by atoms with Crippen LogP contribution in [0.5, 0.6) is 0 Å². The molecule has 6 heteroatoms. The number of carboxylic acid groups (broad SMARTS) is 1. The Morgan fingerprint density at radius 3 is 2.37 bits per heavy atom. The monoisotopic (exact) mass is 269 g/mol.